The van der Waals surface area contributed by atoms with Gasteiger partial charge in [-0.05, 0) is 56.0 Å². The summed E-state index contributed by atoms with van der Waals surface area (Å²) in [6.07, 6.45) is 9.18. The number of nitrogens with one attached hydrogen (secondary N) is 1. The molecule has 1 N–H and O–H groups in total. The van der Waals surface area contributed by atoms with E-state index >= 15 is 0 Å². The quantitative estimate of drug-likeness (QED) is 0.458. The molecule has 1 saturated carbocycles. The topological polar surface area (TPSA) is 70.5 Å². The molecule has 2 amide bonds. The molecule has 0 radical (unpaired) electrons. The van der Waals surface area contributed by atoms with Crippen molar-refractivity contribution in [1.29, 1.82) is 0 Å². The van der Waals surface area contributed by atoms with Crippen LogP contribution >= 0.6 is 0 Å². The van der Waals surface area contributed by atoms with Gasteiger partial charge in [0.1, 0.15) is 0 Å². The second-order valence-corrected chi connectivity index (χ2v) is 12.0. The zero-order chi connectivity index (χ0) is 27.5. The van der Waals surface area contributed by atoms with Crippen molar-refractivity contribution in [2.75, 3.05) is 26.7 Å². The van der Waals surface area contributed by atoms with Crippen LogP contribution in [0.3, 0.4) is 0 Å². The fourth-order valence-corrected chi connectivity index (χ4v) is 7.50. The number of hydrogen-bond acceptors (Lipinski definition) is 4. The maximum Gasteiger partial charge on any atom is 0.320 e. The Hall–Kier alpha value is -3.45. The molecule has 212 valence electrons. The Morgan fingerprint density at radius 1 is 1.02 bits per heavy atom. The van der Waals surface area contributed by atoms with E-state index < -0.39 is 0 Å². The van der Waals surface area contributed by atoms with Gasteiger partial charge < -0.3 is 15.1 Å². The number of carbonyl (C=O) groups excluding carboxylic acids is 1. The molecule has 2 saturated heterocycles. The van der Waals surface area contributed by atoms with Gasteiger partial charge in [-0.2, -0.15) is 0 Å². The van der Waals surface area contributed by atoms with Crippen molar-refractivity contribution in [2.24, 2.45) is 11.3 Å². The number of piperidine rings is 2. The van der Waals surface area contributed by atoms with Crippen molar-refractivity contribution in [3.63, 3.8) is 0 Å². The Morgan fingerprint density at radius 2 is 1.75 bits per heavy atom. The maximum absolute atomic E-state index is 14.1. The lowest BCUT2D eigenvalue weighted by Gasteiger charge is -2.49. The molecule has 1 aromatic heterocycles. The highest BCUT2D eigenvalue weighted by molar-refractivity contribution is 5.75. The van der Waals surface area contributed by atoms with Gasteiger partial charge in [-0.1, -0.05) is 73.5 Å². The first kappa shape index (κ1) is 26.8. The first-order chi connectivity index (χ1) is 19.6. The molecular weight excluding hydrogens is 498 g/mol. The lowest BCUT2D eigenvalue weighted by Crippen LogP contribution is -2.56. The number of likely N-dealkylation sites (tertiary alicyclic amines) is 2. The van der Waals surface area contributed by atoms with E-state index in [9.17, 15) is 9.59 Å². The fraction of sp³-hybridized carbons (Fsp3) is 0.485. The molecule has 6 rings (SSSR count). The molecule has 3 heterocycles. The summed E-state index contributed by atoms with van der Waals surface area (Å²) >= 11 is 0. The minimum absolute atomic E-state index is 0. The number of hydrogen-bond donors (Lipinski definition) is 1. The predicted octanol–water partition coefficient (Wildman–Crippen LogP) is 5.58. The Morgan fingerprint density at radius 3 is 2.45 bits per heavy atom. The van der Waals surface area contributed by atoms with E-state index in [0.717, 1.165) is 57.3 Å². The molecule has 3 aromatic rings. The molecule has 3 fully saturated rings. The third-order valence-electron chi connectivity index (χ3n) is 9.80. The minimum Gasteiger partial charge on any atom is -0.324 e. The van der Waals surface area contributed by atoms with Gasteiger partial charge in [0.2, 0.25) is 0 Å². The molecule has 1 aliphatic carbocycles. The van der Waals surface area contributed by atoms with Gasteiger partial charge in [-0.3, -0.25) is 9.36 Å². The van der Waals surface area contributed by atoms with Gasteiger partial charge in [0.25, 0.3) is 5.56 Å². The summed E-state index contributed by atoms with van der Waals surface area (Å²) in [5, 5.41) is 3.44. The summed E-state index contributed by atoms with van der Waals surface area (Å²) < 4.78 is 1.79. The van der Waals surface area contributed by atoms with E-state index in [1.807, 2.05) is 43.4 Å². The molecular formula is C33H43N5O2. The number of amides is 2. The Kier molecular flexibility index (Phi) is 7.74. The fourth-order valence-electron chi connectivity index (χ4n) is 7.50. The molecule has 7 nitrogen and oxygen atoms in total. The Balaban J connectivity index is 0.00000337. The zero-order valence-corrected chi connectivity index (χ0v) is 23.5. The summed E-state index contributed by atoms with van der Waals surface area (Å²) in [6.45, 7) is 2.96. The number of carbonyl (C=O) groups is 1. The van der Waals surface area contributed by atoms with Crippen LogP contribution in [0.2, 0.25) is 0 Å². The molecule has 0 unspecified atom stereocenters. The summed E-state index contributed by atoms with van der Waals surface area (Å²) in [5.74, 6) is 0.362. The van der Waals surface area contributed by atoms with Crippen molar-refractivity contribution in [1.82, 2.24) is 24.7 Å². The molecule has 1 spiro atoms. The molecule has 2 aliphatic heterocycles. The molecule has 40 heavy (non-hydrogen) atoms. The second-order valence-electron chi connectivity index (χ2n) is 12.0. The van der Waals surface area contributed by atoms with Crippen LogP contribution in [0.15, 0.2) is 77.9 Å². The smallest absolute Gasteiger partial charge is 0.320 e. The normalized spacial score (nSPS) is 24.4. The van der Waals surface area contributed by atoms with E-state index in [1.165, 1.54) is 18.4 Å². The monoisotopic (exact) mass is 541 g/mol. The van der Waals surface area contributed by atoms with Gasteiger partial charge in [0.15, 0.2) is 0 Å². The average Bonchev–Trinajstić information content (AvgIpc) is 3.48. The summed E-state index contributed by atoms with van der Waals surface area (Å²) in [7, 11) is 2.02. The van der Waals surface area contributed by atoms with E-state index in [2.05, 4.69) is 44.4 Å². The highest BCUT2D eigenvalue weighted by Gasteiger charge is 2.47. The van der Waals surface area contributed by atoms with Gasteiger partial charge in [0, 0.05) is 45.3 Å². The van der Waals surface area contributed by atoms with Crippen LogP contribution in [0.5, 0.6) is 0 Å². The molecule has 7 heteroatoms. The van der Waals surface area contributed by atoms with Crippen LogP contribution < -0.4 is 10.9 Å². The van der Waals surface area contributed by atoms with Crippen molar-refractivity contribution >= 4 is 6.03 Å². The van der Waals surface area contributed by atoms with E-state index in [-0.39, 0.29) is 24.5 Å². The standard InChI is InChI=1S/C33H41N5O2.H2/c1-34-28-15-19-38(30(20-28)26-12-6-3-7-13-26)32(40)36-18-14-27(33(23-36)16-8-9-17-33)22-37-24-35-29(21-31(37)39)25-10-4-2-5-11-25;/h2-7,10-13,21,24,27-28,30,34H,8-9,14-20,22-23H2,1H3;1H/t27-,28+,30-;/m0./s1. The SMILES string of the molecule is CN[C@@H]1CCN(C(=O)N2CC[C@@H](Cn3cnc(-c4ccccc4)cc3=O)C3(CCCC3)C2)[C@H](c2ccccc2)C1.[HH]. The largest absolute Gasteiger partial charge is 0.324 e. The molecule has 3 aliphatic rings. The van der Waals surface area contributed by atoms with Crippen LogP contribution in [0.25, 0.3) is 11.3 Å². The van der Waals surface area contributed by atoms with Gasteiger partial charge in [0.05, 0.1) is 18.1 Å². The number of benzene rings is 2. The summed E-state index contributed by atoms with van der Waals surface area (Å²) in [6, 6.07) is 22.7. The van der Waals surface area contributed by atoms with Crippen molar-refractivity contribution in [3.8, 4) is 11.3 Å². The average molecular weight is 542 g/mol. The first-order valence-electron chi connectivity index (χ1n) is 15.0. The van der Waals surface area contributed by atoms with Crippen LogP contribution in [0.1, 0.15) is 58.0 Å². The van der Waals surface area contributed by atoms with E-state index in [0.29, 0.717) is 24.2 Å². The van der Waals surface area contributed by atoms with Crippen molar-refractivity contribution in [3.05, 3.63) is 89.0 Å². The predicted molar refractivity (Wildman–Crippen MR) is 160 cm³/mol. The van der Waals surface area contributed by atoms with Gasteiger partial charge >= 0.3 is 6.03 Å². The highest BCUT2D eigenvalue weighted by Crippen LogP contribution is 2.49. The number of aromatic nitrogens is 2. The van der Waals surface area contributed by atoms with Crippen LogP contribution in [-0.4, -0.2) is 58.1 Å². The summed E-state index contributed by atoms with van der Waals surface area (Å²) in [4.78, 5) is 36.2. The van der Waals surface area contributed by atoms with Crippen LogP contribution in [0.4, 0.5) is 4.79 Å². The van der Waals surface area contributed by atoms with Gasteiger partial charge in [-0.25, -0.2) is 9.78 Å². The van der Waals surface area contributed by atoms with E-state index in [4.69, 9.17) is 0 Å². The number of urea groups is 1. The Labute approximate surface area is 238 Å². The van der Waals surface area contributed by atoms with Crippen molar-refractivity contribution < 1.29 is 6.22 Å². The van der Waals surface area contributed by atoms with E-state index in [1.54, 1.807) is 17.0 Å². The van der Waals surface area contributed by atoms with Crippen LogP contribution in [0, 0.1) is 11.3 Å². The van der Waals surface area contributed by atoms with Gasteiger partial charge in [-0.15, -0.1) is 0 Å². The molecule has 3 atom stereocenters. The molecule has 0 bridgehead atoms. The Bertz CT molecular complexity index is 1360. The number of nitrogens with zero attached hydrogens (tertiary/aromatic N) is 4. The lowest BCUT2D eigenvalue weighted by molar-refractivity contribution is 0.0208. The lowest BCUT2D eigenvalue weighted by atomic mass is 9.69. The van der Waals surface area contributed by atoms with Crippen LogP contribution in [-0.2, 0) is 6.54 Å². The summed E-state index contributed by atoms with van der Waals surface area (Å²) in [5.41, 5.74) is 2.95. The minimum atomic E-state index is -0.00128. The number of rotatable bonds is 5. The third kappa shape index (κ3) is 5.31. The second kappa shape index (κ2) is 11.6. The zero-order valence-electron chi connectivity index (χ0n) is 23.5. The molecule has 2 aromatic carbocycles. The maximum atomic E-state index is 14.1. The highest BCUT2D eigenvalue weighted by atomic mass is 16.2. The van der Waals surface area contributed by atoms with Crippen molar-refractivity contribution in [2.45, 2.75) is 63.6 Å². The first-order valence-corrected chi connectivity index (χ1v) is 15.0. The third-order valence-corrected chi connectivity index (χ3v) is 9.80.